The molecule has 0 fully saturated rings. The average molecular weight is 448 g/mol. The molecule has 9 heteroatoms. The van der Waals surface area contributed by atoms with Crippen LogP contribution in [0.2, 0.25) is 0 Å². The number of esters is 1. The van der Waals surface area contributed by atoms with E-state index in [0.717, 1.165) is 0 Å². The number of fused-ring (bicyclic) bond motifs is 1. The van der Waals surface area contributed by atoms with Crippen LogP contribution in [0.1, 0.15) is 24.0 Å². The van der Waals surface area contributed by atoms with Crippen molar-refractivity contribution in [2.45, 2.75) is 12.8 Å². The van der Waals surface area contributed by atoms with Crippen LogP contribution in [0.25, 0.3) is 0 Å². The number of methoxy groups -OCH3 is 1. The first-order valence-electron chi connectivity index (χ1n) is 10.4. The predicted molar refractivity (Wildman–Crippen MR) is 124 cm³/mol. The number of nitrogens with two attached hydrogens (primary N) is 1. The van der Waals surface area contributed by atoms with Crippen molar-refractivity contribution < 1.29 is 14.3 Å². The summed E-state index contributed by atoms with van der Waals surface area (Å²) in [6.07, 6.45) is 0. The van der Waals surface area contributed by atoms with Crippen LogP contribution in [0.3, 0.4) is 0 Å². The van der Waals surface area contributed by atoms with Gasteiger partial charge in [-0.3, -0.25) is 19.2 Å². The van der Waals surface area contributed by atoms with E-state index in [4.69, 9.17) is 15.2 Å². The molecule has 0 spiro atoms. The summed E-state index contributed by atoms with van der Waals surface area (Å²) in [5, 5.41) is 0. The van der Waals surface area contributed by atoms with Gasteiger partial charge in [0.05, 0.1) is 30.8 Å². The van der Waals surface area contributed by atoms with Crippen molar-refractivity contribution in [2.24, 2.45) is 12.8 Å². The number of nitrogens with zero attached hydrogens (tertiary/aromatic N) is 2. The second kappa shape index (κ2) is 8.70. The van der Waals surface area contributed by atoms with Crippen LogP contribution in [0.15, 0.2) is 75.6 Å². The van der Waals surface area contributed by atoms with E-state index < -0.39 is 23.1 Å². The summed E-state index contributed by atoms with van der Waals surface area (Å²) in [5.41, 5.74) is 6.97. The zero-order chi connectivity index (χ0) is 23.7. The zero-order valence-corrected chi connectivity index (χ0v) is 18.5. The molecule has 0 amide bonds. The van der Waals surface area contributed by atoms with E-state index >= 15 is 0 Å². The van der Waals surface area contributed by atoms with Crippen molar-refractivity contribution in [3.8, 4) is 5.75 Å². The molecule has 1 unspecified atom stereocenters. The predicted octanol–water partition coefficient (Wildman–Crippen LogP) is 2.10. The van der Waals surface area contributed by atoms with Gasteiger partial charge in [0.1, 0.15) is 17.4 Å². The van der Waals surface area contributed by atoms with Crippen LogP contribution >= 0.6 is 0 Å². The van der Waals surface area contributed by atoms with Gasteiger partial charge in [0.25, 0.3) is 5.56 Å². The fraction of sp³-hybridized carbons (Fsp3) is 0.208. The highest BCUT2D eigenvalue weighted by atomic mass is 16.5. The van der Waals surface area contributed by atoms with E-state index in [9.17, 15) is 14.4 Å². The minimum atomic E-state index is -0.828. The lowest BCUT2D eigenvalue weighted by Gasteiger charge is -2.37. The van der Waals surface area contributed by atoms with Crippen LogP contribution in [-0.2, 0) is 16.6 Å². The van der Waals surface area contributed by atoms with E-state index in [-0.39, 0.29) is 29.4 Å². The molecule has 0 saturated carbocycles. The highest BCUT2D eigenvalue weighted by molar-refractivity contribution is 5.95. The maximum absolute atomic E-state index is 13.2. The third kappa shape index (κ3) is 3.67. The second-order valence-corrected chi connectivity index (χ2v) is 7.45. The Labute approximate surface area is 189 Å². The third-order valence-corrected chi connectivity index (χ3v) is 5.59. The molecule has 4 rings (SSSR count). The average Bonchev–Trinajstić information content (AvgIpc) is 2.82. The third-order valence-electron chi connectivity index (χ3n) is 5.59. The summed E-state index contributed by atoms with van der Waals surface area (Å²) < 4.78 is 11.9. The number of nitrogens with one attached hydrogen (secondary N) is 1. The first-order chi connectivity index (χ1) is 15.9. The number of aromatic nitrogens is 2. The molecular formula is C24H24N4O5. The van der Waals surface area contributed by atoms with Gasteiger partial charge in [-0.2, -0.15) is 0 Å². The van der Waals surface area contributed by atoms with Crippen LogP contribution < -0.4 is 26.6 Å². The summed E-state index contributed by atoms with van der Waals surface area (Å²) in [6, 6.07) is 15.9. The van der Waals surface area contributed by atoms with Crippen LogP contribution in [0, 0.1) is 0 Å². The lowest BCUT2D eigenvalue weighted by atomic mass is 9.82. The Bertz CT molecular complexity index is 1340. The van der Waals surface area contributed by atoms with Gasteiger partial charge in [0.15, 0.2) is 0 Å². The van der Waals surface area contributed by atoms with Gasteiger partial charge in [-0.25, -0.2) is 9.59 Å². The molecule has 33 heavy (non-hydrogen) atoms. The minimum absolute atomic E-state index is 0.0700. The Morgan fingerprint density at radius 1 is 1.09 bits per heavy atom. The molecule has 2 heterocycles. The SMILES string of the molecule is CCOC(=O)C1=C(N)N(c2ccc(OC)cc2)c2c(c(=O)[nH]c(=O)n2C)C1c1ccccc1. The standard InChI is InChI=1S/C24H24N4O5/c1-4-33-23(30)18-17(14-8-6-5-7-9-14)19-21(29)26-24(31)27(2)22(19)28(20(18)25)15-10-12-16(32-3)13-11-15/h5-13,17H,4,25H2,1-3H3,(H,26,29,31). The van der Waals surface area contributed by atoms with E-state index in [1.54, 1.807) is 69.6 Å². The first kappa shape index (κ1) is 21.9. The van der Waals surface area contributed by atoms with E-state index in [0.29, 0.717) is 17.0 Å². The maximum Gasteiger partial charge on any atom is 0.338 e. The summed E-state index contributed by atoms with van der Waals surface area (Å²) in [7, 11) is 3.09. The number of H-pyrrole nitrogens is 1. The molecular weight excluding hydrogens is 424 g/mol. The molecule has 1 aromatic heterocycles. The fourth-order valence-electron chi connectivity index (χ4n) is 4.09. The first-order valence-corrected chi connectivity index (χ1v) is 10.4. The molecule has 1 atom stereocenters. The van der Waals surface area contributed by atoms with Crippen molar-refractivity contribution in [2.75, 3.05) is 18.6 Å². The summed E-state index contributed by atoms with van der Waals surface area (Å²) in [6.45, 7) is 1.83. The number of carbonyl (C=O) groups excluding carboxylic acids is 1. The molecule has 0 aliphatic carbocycles. The van der Waals surface area contributed by atoms with Gasteiger partial charge in [0, 0.05) is 12.7 Å². The number of hydrogen-bond acceptors (Lipinski definition) is 7. The van der Waals surface area contributed by atoms with Gasteiger partial charge >= 0.3 is 11.7 Å². The Hall–Kier alpha value is -4.27. The molecule has 0 radical (unpaired) electrons. The largest absolute Gasteiger partial charge is 0.497 e. The lowest BCUT2D eigenvalue weighted by molar-refractivity contribution is -0.138. The van der Waals surface area contributed by atoms with Crippen molar-refractivity contribution in [3.63, 3.8) is 0 Å². The lowest BCUT2D eigenvalue weighted by Crippen LogP contribution is -2.43. The Balaban J connectivity index is 2.10. The van der Waals surface area contributed by atoms with Gasteiger partial charge in [0.2, 0.25) is 0 Å². The second-order valence-electron chi connectivity index (χ2n) is 7.45. The highest BCUT2D eigenvalue weighted by Gasteiger charge is 2.41. The molecule has 0 bridgehead atoms. The number of benzene rings is 2. The van der Waals surface area contributed by atoms with Crippen molar-refractivity contribution in [1.82, 2.24) is 9.55 Å². The van der Waals surface area contributed by atoms with E-state index in [1.807, 2.05) is 6.07 Å². The van der Waals surface area contributed by atoms with Gasteiger partial charge in [-0.15, -0.1) is 0 Å². The number of rotatable bonds is 5. The number of carbonyl (C=O) groups is 1. The summed E-state index contributed by atoms with van der Waals surface area (Å²) >= 11 is 0. The molecule has 170 valence electrons. The fourth-order valence-corrected chi connectivity index (χ4v) is 4.09. The summed E-state index contributed by atoms with van der Waals surface area (Å²) in [5.74, 6) is -0.508. The molecule has 2 aromatic carbocycles. The normalized spacial score (nSPS) is 15.2. The molecule has 0 saturated heterocycles. The Kier molecular flexibility index (Phi) is 5.78. The number of aromatic amines is 1. The van der Waals surface area contributed by atoms with Crippen molar-refractivity contribution >= 4 is 17.5 Å². The molecule has 9 nitrogen and oxygen atoms in total. The maximum atomic E-state index is 13.2. The number of hydrogen-bond donors (Lipinski definition) is 2. The number of ether oxygens (including phenoxy) is 2. The smallest absolute Gasteiger partial charge is 0.338 e. The topological polar surface area (TPSA) is 120 Å². The Morgan fingerprint density at radius 2 is 1.76 bits per heavy atom. The van der Waals surface area contributed by atoms with Crippen molar-refractivity contribution in [3.05, 3.63) is 98.0 Å². The molecule has 3 aromatic rings. The monoisotopic (exact) mass is 448 g/mol. The summed E-state index contributed by atoms with van der Waals surface area (Å²) in [4.78, 5) is 42.8. The van der Waals surface area contributed by atoms with Crippen LogP contribution in [0.5, 0.6) is 5.75 Å². The van der Waals surface area contributed by atoms with E-state index in [1.165, 1.54) is 9.47 Å². The van der Waals surface area contributed by atoms with Gasteiger partial charge in [-0.1, -0.05) is 30.3 Å². The zero-order valence-electron chi connectivity index (χ0n) is 18.5. The number of anilines is 2. The molecule has 3 N–H and O–H groups in total. The van der Waals surface area contributed by atoms with Crippen LogP contribution in [-0.4, -0.2) is 29.2 Å². The minimum Gasteiger partial charge on any atom is -0.497 e. The van der Waals surface area contributed by atoms with Gasteiger partial charge < -0.3 is 15.2 Å². The Morgan fingerprint density at radius 3 is 2.36 bits per heavy atom. The quantitative estimate of drug-likeness (QED) is 0.574. The molecule has 1 aliphatic heterocycles. The van der Waals surface area contributed by atoms with E-state index in [2.05, 4.69) is 4.98 Å². The molecule has 1 aliphatic rings. The van der Waals surface area contributed by atoms with Crippen molar-refractivity contribution in [1.29, 1.82) is 0 Å². The highest BCUT2D eigenvalue weighted by Crippen LogP contribution is 2.44. The van der Waals surface area contributed by atoms with Gasteiger partial charge in [-0.05, 0) is 36.8 Å². The van der Waals surface area contributed by atoms with Crippen LogP contribution in [0.4, 0.5) is 11.5 Å².